The molecule has 2 atom stereocenters. The number of hydrogen-bond acceptors (Lipinski definition) is 4. The molecule has 7 nitrogen and oxygen atoms in total. The van der Waals surface area contributed by atoms with Crippen LogP contribution in [0.2, 0.25) is 0 Å². The van der Waals surface area contributed by atoms with Gasteiger partial charge in [-0.15, -0.1) is 0 Å². The van der Waals surface area contributed by atoms with E-state index in [-0.39, 0.29) is 29.6 Å². The van der Waals surface area contributed by atoms with Gasteiger partial charge < -0.3 is 10.2 Å². The highest BCUT2D eigenvalue weighted by Crippen LogP contribution is 2.32. The summed E-state index contributed by atoms with van der Waals surface area (Å²) in [5, 5.41) is 8.99. The minimum atomic E-state index is -0.156. The van der Waals surface area contributed by atoms with Crippen molar-refractivity contribution in [2.75, 3.05) is 19.6 Å². The number of piperidine rings is 1. The summed E-state index contributed by atoms with van der Waals surface area (Å²) in [4.78, 5) is 31.8. The third kappa shape index (κ3) is 4.63. The molecule has 2 fully saturated rings. The molecule has 0 bridgehead atoms. The molecule has 7 heteroatoms. The van der Waals surface area contributed by atoms with Crippen LogP contribution in [0, 0.1) is 5.92 Å². The number of nitrogens with zero attached hydrogens (tertiary/aromatic N) is 4. The number of pyridine rings is 1. The molecule has 0 unspecified atom stereocenters. The van der Waals surface area contributed by atoms with Crippen molar-refractivity contribution < 1.29 is 9.59 Å². The zero-order valence-electron chi connectivity index (χ0n) is 19.1. The second kappa shape index (κ2) is 9.33. The van der Waals surface area contributed by atoms with Crippen LogP contribution in [0.5, 0.6) is 0 Å². The summed E-state index contributed by atoms with van der Waals surface area (Å²) in [6.45, 7) is 4.59. The van der Waals surface area contributed by atoms with Gasteiger partial charge in [0.1, 0.15) is 0 Å². The van der Waals surface area contributed by atoms with E-state index in [4.69, 9.17) is 5.10 Å². The summed E-state index contributed by atoms with van der Waals surface area (Å²) in [5.41, 5.74) is 2.91. The SMILES string of the molecule is C[C@H](C(=O)N1CCC[C@@H](c2nn(CCNC(=O)C3CC3)c3ncccc23)C1)c1ccccc1. The van der Waals surface area contributed by atoms with Gasteiger partial charge in [-0.1, -0.05) is 30.3 Å². The lowest BCUT2D eigenvalue weighted by Crippen LogP contribution is -2.41. The number of nitrogens with one attached hydrogen (secondary N) is 1. The Labute approximate surface area is 194 Å². The largest absolute Gasteiger partial charge is 0.354 e. The van der Waals surface area contributed by atoms with E-state index in [0.29, 0.717) is 19.6 Å². The number of fused-ring (bicyclic) bond motifs is 1. The van der Waals surface area contributed by atoms with Crippen molar-refractivity contribution in [3.8, 4) is 0 Å². The van der Waals surface area contributed by atoms with Crippen molar-refractivity contribution in [3.63, 3.8) is 0 Å². The molecule has 1 aliphatic carbocycles. The third-order valence-electron chi connectivity index (χ3n) is 6.90. The highest BCUT2D eigenvalue weighted by molar-refractivity contribution is 5.84. The number of likely N-dealkylation sites (tertiary alicyclic amines) is 1. The summed E-state index contributed by atoms with van der Waals surface area (Å²) in [6.07, 6.45) is 5.75. The Hall–Kier alpha value is -3.22. The van der Waals surface area contributed by atoms with Crippen LogP contribution >= 0.6 is 0 Å². The van der Waals surface area contributed by atoms with Gasteiger partial charge in [0.25, 0.3) is 0 Å². The van der Waals surface area contributed by atoms with Crippen LogP contribution in [-0.4, -0.2) is 51.1 Å². The van der Waals surface area contributed by atoms with E-state index in [1.54, 1.807) is 6.20 Å². The van der Waals surface area contributed by atoms with E-state index in [1.807, 2.05) is 52.9 Å². The third-order valence-corrected chi connectivity index (χ3v) is 6.90. The molecule has 3 aromatic rings. The first-order chi connectivity index (χ1) is 16.1. The van der Waals surface area contributed by atoms with Gasteiger partial charge in [-0.25, -0.2) is 9.67 Å². The predicted octanol–water partition coefficient (Wildman–Crippen LogP) is 3.47. The molecule has 1 saturated carbocycles. The highest BCUT2D eigenvalue weighted by Gasteiger charge is 2.31. The molecule has 33 heavy (non-hydrogen) atoms. The minimum absolute atomic E-state index is 0.147. The van der Waals surface area contributed by atoms with E-state index in [0.717, 1.165) is 54.5 Å². The zero-order chi connectivity index (χ0) is 22.8. The van der Waals surface area contributed by atoms with E-state index < -0.39 is 0 Å². The summed E-state index contributed by atoms with van der Waals surface area (Å²) in [6, 6.07) is 14.0. The highest BCUT2D eigenvalue weighted by atomic mass is 16.2. The van der Waals surface area contributed by atoms with Crippen LogP contribution in [0.3, 0.4) is 0 Å². The summed E-state index contributed by atoms with van der Waals surface area (Å²) < 4.78 is 1.91. The number of carbonyl (C=O) groups is 2. The molecule has 172 valence electrons. The molecular weight excluding hydrogens is 414 g/mol. The first-order valence-corrected chi connectivity index (χ1v) is 12.0. The maximum absolute atomic E-state index is 13.3. The van der Waals surface area contributed by atoms with Crippen molar-refractivity contribution >= 4 is 22.8 Å². The smallest absolute Gasteiger partial charge is 0.229 e. The second-order valence-corrected chi connectivity index (χ2v) is 9.30. The van der Waals surface area contributed by atoms with Crippen LogP contribution < -0.4 is 5.32 Å². The Bertz CT molecular complexity index is 1140. The van der Waals surface area contributed by atoms with Crippen LogP contribution in [0.4, 0.5) is 0 Å². The molecule has 2 aromatic heterocycles. The predicted molar refractivity (Wildman–Crippen MR) is 127 cm³/mol. The molecule has 2 amide bonds. The van der Waals surface area contributed by atoms with Gasteiger partial charge in [0.05, 0.1) is 18.2 Å². The van der Waals surface area contributed by atoms with E-state index in [1.165, 1.54) is 0 Å². The molecule has 3 heterocycles. The average molecular weight is 446 g/mol. The van der Waals surface area contributed by atoms with E-state index in [9.17, 15) is 9.59 Å². The fourth-order valence-electron chi connectivity index (χ4n) is 4.82. The molecule has 0 radical (unpaired) electrons. The van der Waals surface area contributed by atoms with Crippen LogP contribution in [0.1, 0.15) is 55.7 Å². The summed E-state index contributed by atoms with van der Waals surface area (Å²) in [5.74, 6) is 0.553. The molecule has 1 saturated heterocycles. The average Bonchev–Trinajstić information content (AvgIpc) is 3.66. The minimum Gasteiger partial charge on any atom is -0.354 e. The van der Waals surface area contributed by atoms with Gasteiger partial charge >= 0.3 is 0 Å². The summed E-state index contributed by atoms with van der Waals surface area (Å²) in [7, 11) is 0. The van der Waals surface area contributed by atoms with Crippen LogP contribution in [0.15, 0.2) is 48.7 Å². The van der Waals surface area contributed by atoms with Crippen molar-refractivity contribution in [2.45, 2.75) is 51.0 Å². The second-order valence-electron chi connectivity index (χ2n) is 9.30. The lowest BCUT2D eigenvalue weighted by Gasteiger charge is -2.34. The molecular formula is C26H31N5O2. The Balaban J connectivity index is 1.31. The molecule has 1 aromatic carbocycles. The number of rotatable bonds is 7. The summed E-state index contributed by atoms with van der Waals surface area (Å²) >= 11 is 0. The fourth-order valence-corrected chi connectivity index (χ4v) is 4.82. The maximum Gasteiger partial charge on any atom is 0.229 e. The number of hydrogen-bond donors (Lipinski definition) is 1. The first-order valence-electron chi connectivity index (χ1n) is 12.0. The Kier molecular flexibility index (Phi) is 6.11. The lowest BCUT2D eigenvalue weighted by molar-refractivity contribution is -0.133. The van der Waals surface area contributed by atoms with Crippen molar-refractivity contribution in [3.05, 3.63) is 59.9 Å². The lowest BCUT2D eigenvalue weighted by atomic mass is 9.91. The van der Waals surface area contributed by atoms with E-state index >= 15 is 0 Å². The van der Waals surface area contributed by atoms with Crippen molar-refractivity contribution in [1.29, 1.82) is 0 Å². The van der Waals surface area contributed by atoms with Gasteiger partial charge in [-0.2, -0.15) is 5.10 Å². The zero-order valence-corrected chi connectivity index (χ0v) is 19.1. The molecule has 0 spiro atoms. The Morgan fingerprint density at radius 1 is 1.12 bits per heavy atom. The maximum atomic E-state index is 13.3. The fraction of sp³-hybridized carbons (Fsp3) is 0.462. The number of aromatic nitrogens is 3. The van der Waals surface area contributed by atoms with Gasteiger partial charge in [-0.05, 0) is 50.3 Å². The van der Waals surface area contributed by atoms with Gasteiger partial charge in [0.15, 0.2) is 5.65 Å². The Morgan fingerprint density at radius 2 is 1.94 bits per heavy atom. The Morgan fingerprint density at radius 3 is 2.73 bits per heavy atom. The van der Waals surface area contributed by atoms with Crippen molar-refractivity contribution in [1.82, 2.24) is 25.0 Å². The first kappa shape index (κ1) is 21.6. The van der Waals surface area contributed by atoms with Gasteiger partial charge in [0, 0.05) is 43.1 Å². The van der Waals surface area contributed by atoms with Crippen molar-refractivity contribution in [2.24, 2.45) is 5.92 Å². The standard InChI is InChI=1S/C26H31N5O2/c1-18(19-7-3-2-4-8-19)26(33)30-15-6-9-21(17-30)23-22-10-5-13-27-24(22)31(29-23)16-14-28-25(32)20-11-12-20/h2-5,7-8,10,13,18,20-21H,6,9,11-12,14-17H2,1H3,(H,28,32)/t18-,21+/m0/s1. The monoisotopic (exact) mass is 445 g/mol. The molecule has 5 rings (SSSR count). The quantitative estimate of drug-likeness (QED) is 0.604. The van der Waals surface area contributed by atoms with Gasteiger partial charge in [-0.3, -0.25) is 9.59 Å². The number of amides is 2. The number of benzene rings is 1. The van der Waals surface area contributed by atoms with Gasteiger partial charge in [0.2, 0.25) is 11.8 Å². The van der Waals surface area contributed by atoms with Crippen LogP contribution in [-0.2, 0) is 16.1 Å². The molecule has 1 N–H and O–H groups in total. The normalized spacial score (nSPS) is 19.4. The van der Waals surface area contributed by atoms with Crippen LogP contribution in [0.25, 0.3) is 11.0 Å². The molecule has 1 aliphatic heterocycles. The topological polar surface area (TPSA) is 80.1 Å². The number of carbonyl (C=O) groups excluding carboxylic acids is 2. The molecule has 2 aliphatic rings. The van der Waals surface area contributed by atoms with E-state index in [2.05, 4.69) is 16.4 Å².